The van der Waals surface area contributed by atoms with Gasteiger partial charge in [-0.2, -0.15) is 0 Å². The second-order valence-electron chi connectivity index (χ2n) is 4.49. The number of fused-ring (bicyclic) bond motifs is 1. The van der Waals surface area contributed by atoms with Crippen LogP contribution in [0.15, 0.2) is 56.7 Å². The van der Waals surface area contributed by atoms with Gasteiger partial charge in [0.1, 0.15) is 0 Å². The van der Waals surface area contributed by atoms with Gasteiger partial charge in [-0.1, -0.05) is 51.5 Å². The van der Waals surface area contributed by atoms with Crippen molar-refractivity contribution in [2.75, 3.05) is 0 Å². The molecular formula is C16H11BrOS. The number of allylic oxidation sites excluding steroid dienone is 1. The summed E-state index contributed by atoms with van der Waals surface area (Å²) in [6.45, 7) is 2.01. The van der Waals surface area contributed by atoms with E-state index in [2.05, 4.69) is 15.9 Å². The molecule has 19 heavy (non-hydrogen) atoms. The van der Waals surface area contributed by atoms with E-state index < -0.39 is 0 Å². The third-order valence-corrected chi connectivity index (χ3v) is 4.56. The number of carbonyl (C=O) groups is 1. The highest BCUT2D eigenvalue weighted by atomic mass is 79.9. The number of benzene rings is 2. The summed E-state index contributed by atoms with van der Waals surface area (Å²) in [5, 5.41) is 0. The normalized spacial score (nSPS) is 15.9. The number of ketones is 1. The van der Waals surface area contributed by atoms with E-state index >= 15 is 0 Å². The lowest BCUT2D eigenvalue weighted by molar-refractivity contribution is 0.104. The first-order valence-electron chi connectivity index (χ1n) is 5.94. The molecule has 0 N–H and O–H groups in total. The lowest BCUT2D eigenvalue weighted by Crippen LogP contribution is -1.94. The van der Waals surface area contributed by atoms with E-state index in [9.17, 15) is 4.79 Å². The second-order valence-corrected chi connectivity index (χ2v) is 6.49. The molecule has 1 nitrogen and oxygen atoms in total. The van der Waals surface area contributed by atoms with Crippen LogP contribution in [0.2, 0.25) is 0 Å². The van der Waals surface area contributed by atoms with Crippen LogP contribution in [-0.4, -0.2) is 5.78 Å². The predicted octanol–water partition coefficient (Wildman–Crippen LogP) is 5.09. The Morgan fingerprint density at radius 3 is 2.79 bits per heavy atom. The number of thioether (sulfide) groups is 1. The molecule has 3 heteroatoms. The van der Waals surface area contributed by atoms with Gasteiger partial charge < -0.3 is 0 Å². The van der Waals surface area contributed by atoms with E-state index in [1.165, 1.54) is 0 Å². The van der Waals surface area contributed by atoms with Crippen LogP contribution in [-0.2, 0) is 0 Å². The third-order valence-electron chi connectivity index (χ3n) is 2.97. The molecule has 0 aliphatic carbocycles. The highest BCUT2D eigenvalue weighted by Gasteiger charge is 2.25. The van der Waals surface area contributed by atoms with E-state index in [1.807, 2.05) is 55.5 Å². The Morgan fingerprint density at radius 2 is 2.00 bits per heavy atom. The summed E-state index contributed by atoms with van der Waals surface area (Å²) in [5.74, 6) is 0.128. The average Bonchev–Trinajstić information content (AvgIpc) is 2.67. The zero-order valence-electron chi connectivity index (χ0n) is 10.3. The van der Waals surface area contributed by atoms with Crippen LogP contribution in [0.3, 0.4) is 0 Å². The first-order valence-corrected chi connectivity index (χ1v) is 7.55. The Balaban J connectivity index is 2.00. The van der Waals surface area contributed by atoms with E-state index in [1.54, 1.807) is 11.8 Å². The van der Waals surface area contributed by atoms with Gasteiger partial charge in [0.25, 0.3) is 0 Å². The van der Waals surface area contributed by atoms with Gasteiger partial charge in [-0.05, 0) is 42.8 Å². The van der Waals surface area contributed by atoms with Gasteiger partial charge in [0.05, 0.1) is 4.91 Å². The first kappa shape index (κ1) is 12.7. The number of hydrogen-bond acceptors (Lipinski definition) is 2. The van der Waals surface area contributed by atoms with Crippen LogP contribution >= 0.6 is 27.7 Å². The largest absolute Gasteiger partial charge is 0.288 e. The fourth-order valence-corrected chi connectivity index (χ4v) is 3.50. The molecule has 94 valence electrons. The first-order chi connectivity index (χ1) is 9.13. The molecule has 0 saturated carbocycles. The van der Waals surface area contributed by atoms with Gasteiger partial charge in [-0.3, -0.25) is 4.79 Å². The zero-order chi connectivity index (χ0) is 13.4. The third kappa shape index (κ3) is 2.53. The highest BCUT2D eigenvalue weighted by Crippen LogP contribution is 2.41. The van der Waals surface area contributed by atoms with E-state index in [-0.39, 0.29) is 5.78 Å². The molecule has 0 fully saturated rings. The van der Waals surface area contributed by atoms with Crippen molar-refractivity contribution in [2.45, 2.75) is 11.8 Å². The minimum absolute atomic E-state index is 0.128. The fraction of sp³-hybridized carbons (Fsp3) is 0.0625. The Hall–Kier alpha value is -1.32. The van der Waals surface area contributed by atoms with Gasteiger partial charge in [-0.25, -0.2) is 0 Å². The van der Waals surface area contributed by atoms with Crippen molar-refractivity contribution in [3.63, 3.8) is 0 Å². The van der Waals surface area contributed by atoms with Crippen molar-refractivity contribution < 1.29 is 4.79 Å². The quantitative estimate of drug-likeness (QED) is 0.677. The number of rotatable bonds is 1. The number of carbonyl (C=O) groups excluding carboxylic acids is 1. The highest BCUT2D eigenvalue weighted by molar-refractivity contribution is 9.10. The van der Waals surface area contributed by atoms with Crippen LogP contribution in [0.1, 0.15) is 21.5 Å². The van der Waals surface area contributed by atoms with Crippen LogP contribution in [0.25, 0.3) is 6.08 Å². The molecule has 0 aromatic heterocycles. The number of Topliss-reactive ketones (excluding diaryl/α,β-unsaturated/α-hetero) is 1. The molecule has 2 aromatic rings. The maximum absolute atomic E-state index is 12.3. The van der Waals surface area contributed by atoms with Crippen molar-refractivity contribution >= 4 is 39.6 Å². The van der Waals surface area contributed by atoms with Crippen molar-refractivity contribution in [1.29, 1.82) is 0 Å². The summed E-state index contributed by atoms with van der Waals surface area (Å²) < 4.78 is 1.02. The Labute approximate surface area is 124 Å². The standard InChI is InChI=1S/C16H11BrOS/c1-10-5-6-14-13(7-10)16(18)15(19-14)9-11-3-2-4-12(17)8-11/h2-9H,1H3/b15-9+. The lowest BCUT2D eigenvalue weighted by Gasteiger charge is -1.97. The van der Waals surface area contributed by atoms with Crippen molar-refractivity contribution in [3.05, 3.63) is 68.5 Å². The topological polar surface area (TPSA) is 17.1 Å². The smallest absolute Gasteiger partial charge is 0.200 e. The molecule has 0 spiro atoms. The Kier molecular flexibility index (Phi) is 3.33. The van der Waals surface area contributed by atoms with Gasteiger partial charge >= 0.3 is 0 Å². The van der Waals surface area contributed by atoms with E-state index in [4.69, 9.17) is 0 Å². The maximum atomic E-state index is 12.3. The van der Waals surface area contributed by atoms with Crippen molar-refractivity contribution in [2.24, 2.45) is 0 Å². The molecule has 1 aliphatic heterocycles. The van der Waals surface area contributed by atoms with Gasteiger partial charge in [0.15, 0.2) is 0 Å². The molecule has 0 radical (unpaired) electrons. The molecule has 0 unspecified atom stereocenters. The molecule has 2 aromatic carbocycles. The van der Waals surface area contributed by atoms with Crippen molar-refractivity contribution in [3.8, 4) is 0 Å². The zero-order valence-corrected chi connectivity index (χ0v) is 12.7. The Bertz CT molecular complexity index is 704. The SMILES string of the molecule is Cc1ccc2c(c1)C(=O)/C(=C\c1cccc(Br)c1)S2. The second kappa shape index (κ2) is 4.99. The molecule has 1 aliphatic rings. The summed E-state index contributed by atoms with van der Waals surface area (Å²) >= 11 is 4.99. The summed E-state index contributed by atoms with van der Waals surface area (Å²) in [6, 6.07) is 14.0. The summed E-state index contributed by atoms with van der Waals surface area (Å²) in [6.07, 6.45) is 1.95. The lowest BCUT2D eigenvalue weighted by atomic mass is 10.1. The number of halogens is 1. The fourth-order valence-electron chi connectivity index (χ4n) is 2.05. The molecule has 3 rings (SSSR count). The van der Waals surface area contributed by atoms with Gasteiger partial charge in [-0.15, -0.1) is 0 Å². The van der Waals surface area contributed by atoms with Crippen LogP contribution in [0.5, 0.6) is 0 Å². The molecule has 0 amide bonds. The number of hydrogen-bond donors (Lipinski definition) is 0. The summed E-state index contributed by atoms with van der Waals surface area (Å²) in [5.41, 5.74) is 2.98. The monoisotopic (exact) mass is 330 g/mol. The average molecular weight is 331 g/mol. The minimum atomic E-state index is 0.128. The maximum Gasteiger partial charge on any atom is 0.200 e. The minimum Gasteiger partial charge on any atom is -0.288 e. The predicted molar refractivity (Wildman–Crippen MR) is 83.5 cm³/mol. The van der Waals surface area contributed by atoms with Crippen LogP contribution in [0, 0.1) is 6.92 Å². The van der Waals surface area contributed by atoms with E-state index in [0.717, 1.165) is 31.0 Å². The molecule has 0 bridgehead atoms. The number of aryl methyl sites for hydroxylation is 1. The molecular weight excluding hydrogens is 320 g/mol. The van der Waals surface area contributed by atoms with Crippen LogP contribution < -0.4 is 0 Å². The van der Waals surface area contributed by atoms with Crippen molar-refractivity contribution in [1.82, 2.24) is 0 Å². The molecule has 1 heterocycles. The Morgan fingerprint density at radius 1 is 1.16 bits per heavy atom. The van der Waals surface area contributed by atoms with Crippen LogP contribution in [0.4, 0.5) is 0 Å². The molecule has 0 atom stereocenters. The summed E-state index contributed by atoms with van der Waals surface area (Å²) in [7, 11) is 0. The summed E-state index contributed by atoms with van der Waals surface area (Å²) in [4.78, 5) is 14.2. The van der Waals surface area contributed by atoms with E-state index in [0.29, 0.717) is 0 Å². The van der Waals surface area contributed by atoms with Gasteiger partial charge in [0.2, 0.25) is 5.78 Å². The molecule has 0 saturated heterocycles. The van der Waals surface area contributed by atoms with Gasteiger partial charge in [0, 0.05) is 14.9 Å².